The Bertz CT molecular complexity index is 1190. The summed E-state index contributed by atoms with van der Waals surface area (Å²) in [5.41, 5.74) is 6.74. The molecule has 0 atom stereocenters. The van der Waals surface area contributed by atoms with Crippen molar-refractivity contribution in [2.24, 2.45) is 0 Å². The standard InChI is InChI=1S/C26H27Cl3N4O/c1-2-3-5-8-21-24(26(34)31-32-15-6-4-7-16-32)30-33(23-14-13-20(28)17-22(23)29)25(21)18-9-11-19(27)12-10-18/h4,6,9-14,17H,2-3,5,7-8,15-16H2,1H3,(H,31,34). The Morgan fingerprint density at radius 1 is 1.03 bits per heavy atom. The number of nitrogens with zero attached hydrogens (tertiary/aromatic N) is 3. The van der Waals surface area contributed by atoms with Gasteiger partial charge in [0.25, 0.3) is 5.91 Å². The topological polar surface area (TPSA) is 50.2 Å². The molecule has 1 aliphatic heterocycles. The summed E-state index contributed by atoms with van der Waals surface area (Å²) in [6, 6.07) is 12.8. The highest BCUT2D eigenvalue weighted by atomic mass is 35.5. The van der Waals surface area contributed by atoms with Crippen molar-refractivity contribution >= 4 is 40.7 Å². The van der Waals surface area contributed by atoms with Crippen LogP contribution in [0.5, 0.6) is 0 Å². The van der Waals surface area contributed by atoms with Crippen molar-refractivity contribution in [1.82, 2.24) is 20.2 Å². The number of hydrazine groups is 1. The second kappa shape index (κ2) is 11.4. The van der Waals surface area contributed by atoms with Gasteiger partial charge in [-0.1, -0.05) is 78.9 Å². The number of hydrogen-bond acceptors (Lipinski definition) is 3. The molecule has 8 heteroatoms. The highest BCUT2D eigenvalue weighted by Crippen LogP contribution is 2.34. The van der Waals surface area contributed by atoms with E-state index in [-0.39, 0.29) is 5.91 Å². The molecule has 5 nitrogen and oxygen atoms in total. The number of carbonyl (C=O) groups is 1. The number of carbonyl (C=O) groups excluding carboxylic acids is 1. The zero-order valence-electron chi connectivity index (χ0n) is 19.0. The van der Waals surface area contributed by atoms with Gasteiger partial charge in [-0.2, -0.15) is 5.10 Å². The van der Waals surface area contributed by atoms with E-state index in [1.807, 2.05) is 35.3 Å². The minimum Gasteiger partial charge on any atom is -0.283 e. The summed E-state index contributed by atoms with van der Waals surface area (Å²) in [4.78, 5) is 13.5. The number of nitrogens with one attached hydrogen (secondary N) is 1. The van der Waals surface area contributed by atoms with Gasteiger partial charge in [0.15, 0.2) is 5.69 Å². The molecule has 3 aromatic rings. The van der Waals surface area contributed by atoms with E-state index < -0.39 is 0 Å². The molecule has 1 amide bonds. The minimum atomic E-state index is -0.221. The van der Waals surface area contributed by atoms with E-state index in [0.717, 1.165) is 55.5 Å². The average Bonchev–Trinajstić information content (AvgIpc) is 3.20. The van der Waals surface area contributed by atoms with Gasteiger partial charge in [0.05, 0.1) is 16.4 Å². The van der Waals surface area contributed by atoms with Crippen molar-refractivity contribution in [2.45, 2.75) is 39.0 Å². The van der Waals surface area contributed by atoms with Gasteiger partial charge in [0.1, 0.15) is 0 Å². The zero-order chi connectivity index (χ0) is 24.1. The third-order valence-corrected chi connectivity index (χ3v) is 6.59. The number of aromatic nitrogens is 2. The summed E-state index contributed by atoms with van der Waals surface area (Å²) < 4.78 is 1.76. The minimum absolute atomic E-state index is 0.221. The second-order valence-electron chi connectivity index (χ2n) is 8.29. The quantitative estimate of drug-likeness (QED) is 0.255. The van der Waals surface area contributed by atoms with Crippen LogP contribution in [0, 0.1) is 0 Å². The second-order valence-corrected chi connectivity index (χ2v) is 9.57. The molecule has 0 radical (unpaired) electrons. The van der Waals surface area contributed by atoms with Crippen molar-refractivity contribution in [3.63, 3.8) is 0 Å². The van der Waals surface area contributed by atoms with Gasteiger partial charge >= 0.3 is 0 Å². The third-order valence-electron chi connectivity index (χ3n) is 5.80. The maximum Gasteiger partial charge on any atom is 0.286 e. The molecule has 0 unspecified atom stereocenters. The van der Waals surface area contributed by atoms with Crippen LogP contribution < -0.4 is 5.43 Å². The van der Waals surface area contributed by atoms with Crippen LogP contribution in [0.15, 0.2) is 54.6 Å². The van der Waals surface area contributed by atoms with Gasteiger partial charge in [-0.15, -0.1) is 0 Å². The molecule has 4 rings (SSSR count). The number of halogens is 3. The monoisotopic (exact) mass is 516 g/mol. The van der Waals surface area contributed by atoms with Crippen LogP contribution in [0.2, 0.25) is 15.1 Å². The Hall–Kier alpha value is -2.31. The van der Waals surface area contributed by atoms with Gasteiger partial charge in [0, 0.05) is 34.3 Å². The van der Waals surface area contributed by atoms with Gasteiger partial charge in [-0.05, 0) is 49.6 Å². The van der Waals surface area contributed by atoms with Crippen molar-refractivity contribution in [3.05, 3.63) is 80.9 Å². The van der Waals surface area contributed by atoms with Gasteiger partial charge in [0.2, 0.25) is 0 Å². The molecular formula is C26H27Cl3N4O. The van der Waals surface area contributed by atoms with Gasteiger partial charge < -0.3 is 0 Å². The van der Waals surface area contributed by atoms with E-state index in [4.69, 9.17) is 39.9 Å². The Kier molecular flexibility index (Phi) is 8.32. The van der Waals surface area contributed by atoms with Crippen LogP contribution in [0.25, 0.3) is 16.9 Å². The summed E-state index contributed by atoms with van der Waals surface area (Å²) in [7, 11) is 0. The van der Waals surface area contributed by atoms with Gasteiger partial charge in [-0.25, -0.2) is 9.69 Å². The normalized spacial score (nSPS) is 13.9. The fraction of sp³-hybridized carbons (Fsp3) is 0.308. The molecule has 2 aromatic carbocycles. The molecule has 1 aliphatic rings. The van der Waals surface area contributed by atoms with Gasteiger partial charge in [-0.3, -0.25) is 10.2 Å². The van der Waals surface area contributed by atoms with Crippen LogP contribution in [0.4, 0.5) is 0 Å². The summed E-state index contributed by atoms with van der Waals surface area (Å²) in [5, 5.41) is 8.36. The molecule has 0 fully saturated rings. The molecule has 0 saturated carbocycles. The van der Waals surface area contributed by atoms with Crippen molar-refractivity contribution in [3.8, 4) is 16.9 Å². The molecule has 0 bridgehead atoms. The SMILES string of the molecule is CCCCCc1c(C(=O)NN2CC=CCC2)nn(-c2ccc(Cl)cc2Cl)c1-c1ccc(Cl)cc1. The Balaban J connectivity index is 1.86. The molecule has 1 aromatic heterocycles. The molecule has 2 heterocycles. The van der Waals surface area contributed by atoms with Crippen LogP contribution in [-0.2, 0) is 6.42 Å². The molecule has 1 N–H and O–H groups in total. The van der Waals surface area contributed by atoms with Crippen molar-refractivity contribution in [2.75, 3.05) is 13.1 Å². The number of benzene rings is 2. The Labute approximate surface area is 215 Å². The summed E-state index contributed by atoms with van der Waals surface area (Å²) in [6.07, 6.45) is 8.88. The van der Waals surface area contributed by atoms with E-state index in [0.29, 0.717) is 33.0 Å². The molecular weight excluding hydrogens is 491 g/mol. The lowest BCUT2D eigenvalue weighted by atomic mass is 9.99. The number of rotatable bonds is 8. The first-order valence-electron chi connectivity index (χ1n) is 11.5. The molecule has 0 saturated heterocycles. The third kappa shape index (κ3) is 5.66. The highest BCUT2D eigenvalue weighted by Gasteiger charge is 2.26. The maximum atomic E-state index is 13.5. The smallest absolute Gasteiger partial charge is 0.283 e. The lowest BCUT2D eigenvalue weighted by Gasteiger charge is -2.23. The molecule has 178 valence electrons. The number of hydrogen-bond donors (Lipinski definition) is 1. The Morgan fingerprint density at radius 3 is 2.47 bits per heavy atom. The van der Waals surface area contributed by atoms with E-state index in [1.54, 1.807) is 16.8 Å². The summed E-state index contributed by atoms with van der Waals surface area (Å²) in [6.45, 7) is 3.60. The first-order chi connectivity index (χ1) is 16.5. The maximum absolute atomic E-state index is 13.5. The van der Waals surface area contributed by atoms with Crippen molar-refractivity contribution < 1.29 is 4.79 Å². The lowest BCUT2D eigenvalue weighted by molar-refractivity contribution is 0.0797. The molecule has 0 aliphatic carbocycles. The van der Waals surface area contributed by atoms with Crippen LogP contribution >= 0.6 is 34.8 Å². The van der Waals surface area contributed by atoms with Crippen LogP contribution in [-0.4, -0.2) is 33.8 Å². The van der Waals surface area contributed by atoms with E-state index >= 15 is 0 Å². The fourth-order valence-electron chi connectivity index (χ4n) is 4.09. The van der Waals surface area contributed by atoms with E-state index in [2.05, 4.69) is 24.5 Å². The molecule has 0 spiro atoms. The number of amides is 1. The molecule has 34 heavy (non-hydrogen) atoms. The predicted molar refractivity (Wildman–Crippen MR) is 140 cm³/mol. The van der Waals surface area contributed by atoms with Crippen LogP contribution in [0.3, 0.4) is 0 Å². The predicted octanol–water partition coefficient (Wildman–Crippen LogP) is 7.14. The Morgan fingerprint density at radius 2 is 1.79 bits per heavy atom. The van der Waals surface area contributed by atoms with Crippen molar-refractivity contribution in [1.29, 1.82) is 0 Å². The van der Waals surface area contributed by atoms with Crippen LogP contribution in [0.1, 0.15) is 48.7 Å². The first kappa shape index (κ1) is 24.8. The fourth-order valence-corrected chi connectivity index (χ4v) is 4.71. The summed E-state index contributed by atoms with van der Waals surface area (Å²) in [5.74, 6) is -0.221. The first-order valence-corrected chi connectivity index (χ1v) is 12.7. The zero-order valence-corrected chi connectivity index (χ0v) is 21.3. The lowest BCUT2D eigenvalue weighted by Crippen LogP contribution is -2.44. The summed E-state index contributed by atoms with van der Waals surface area (Å²) >= 11 is 18.9. The highest BCUT2D eigenvalue weighted by molar-refractivity contribution is 6.35. The largest absolute Gasteiger partial charge is 0.286 e. The van der Waals surface area contributed by atoms with E-state index in [9.17, 15) is 4.79 Å². The average molecular weight is 518 g/mol. The van der Waals surface area contributed by atoms with E-state index in [1.165, 1.54) is 0 Å². The number of unbranched alkanes of at least 4 members (excludes halogenated alkanes) is 2.